The van der Waals surface area contributed by atoms with E-state index in [2.05, 4.69) is 15.4 Å². The van der Waals surface area contributed by atoms with Crippen LogP contribution < -0.4 is 0 Å². The van der Waals surface area contributed by atoms with E-state index in [9.17, 15) is 4.79 Å². The number of amides is 1. The van der Waals surface area contributed by atoms with Gasteiger partial charge in [0.25, 0.3) is 0 Å². The minimum absolute atomic E-state index is 0.113. The summed E-state index contributed by atoms with van der Waals surface area (Å²) in [6, 6.07) is 1.83. The number of carbonyl (C=O) groups excluding carboxylic acids is 1. The first-order chi connectivity index (χ1) is 10.7. The third-order valence-corrected chi connectivity index (χ3v) is 4.57. The fourth-order valence-electron chi connectivity index (χ4n) is 3.21. The Balaban J connectivity index is 1.44. The van der Waals surface area contributed by atoms with E-state index in [4.69, 9.17) is 4.52 Å². The molecule has 22 heavy (non-hydrogen) atoms. The Hall–Kier alpha value is -2.11. The van der Waals surface area contributed by atoms with E-state index < -0.39 is 0 Å². The molecular weight excluding hydrogens is 280 g/mol. The number of hydrogen-bond donors (Lipinski definition) is 1. The monoisotopic (exact) mass is 300 g/mol. The fourth-order valence-corrected chi connectivity index (χ4v) is 3.21. The van der Waals surface area contributed by atoms with E-state index in [1.165, 1.54) is 29.8 Å². The lowest BCUT2D eigenvalue weighted by molar-refractivity contribution is -0.130. The van der Waals surface area contributed by atoms with E-state index in [1.807, 2.05) is 17.9 Å². The smallest absolute Gasteiger partial charge is 0.230 e. The fraction of sp³-hybridized carbons (Fsp3) is 0.562. The van der Waals surface area contributed by atoms with Gasteiger partial charge < -0.3 is 9.42 Å². The van der Waals surface area contributed by atoms with Gasteiger partial charge in [-0.15, -0.1) is 0 Å². The Morgan fingerprint density at radius 3 is 2.95 bits per heavy atom. The molecule has 116 valence electrons. The Morgan fingerprint density at radius 2 is 2.23 bits per heavy atom. The number of rotatable bonds is 3. The van der Waals surface area contributed by atoms with Crippen molar-refractivity contribution < 1.29 is 9.32 Å². The molecule has 6 nitrogen and oxygen atoms in total. The third kappa shape index (κ3) is 2.53. The molecule has 1 aliphatic heterocycles. The lowest BCUT2D eigenvalue weighted by atomic mass is 10.1. The lowest BCUT2D eigenvalue weighted by Crippen LogP contribution is -2.34. The summed E-state index contributed by atoms with van der Waals surface area (Å²) in [5, 5.41) is 11.5. The normalized spacial score (nSPS) is 18.1. The van der Waals surface area contributed by atoms with Crippen LogP contribution in [-0.2, 0) is 24.1 Å². The number of H-pyrrole nitrogens is 1. The second-order valence-electron chi connectivity index (χ2n) is 6.33. The molecule has 1 fully saturated rings. The Kier molecular flexibility index (Phi) is 3.24. The number of aromatic amines is 1. The largest absolute Gasteiger partial charge is 0.361 e. The Morgan fingerprint density at radius 1 is 1.41 bits per heavy atom. The zero-order chi connectivity index (χ0) is 15.1. The van der Waals surface area contributed by atoms with Crippen LogP contribution >= 0.6 is 0 Å². The van der Waals surface area contributed by atoms with Crippen LogP contribution in [-0.4, -0.2) is 39.3 Å². The summed E-state index contributed by atoms with van der Waals surface area (Å²) < 4.78 is 5.15. The summed E-state index contributed by atoms with van der Waals surface area (Å²) in [5.41, 5.74) is 4.63. The predicted octanol–water partition coefficient (Wildman–Crippen LogP) is 1.75. The van der Waals surface area contributed by atoms with Gasteiger partial charge in [0.2, 0.25) is 5.91 Å². The van der Waals surface area contributed by atoms with Crippen LogP contribution in [0.4, 0.5) is 0 Å². The van der Waals surface area contributed by atoms with Crippen molar-refractivity contribution in [3.05, 3.63) is 34.5 Å². The highest BCUT2D eigenvalue weighted by molar-refractivity contribution is 5.78. The number of aromatic nitrogens is 3. The van der Waals surface area contributed by atoms with Crippen molar-refractivity contribution >= 4 is 5.91 Å². The van der Waals surface area contributed by atoms with Crippen molar-refractivity contribution in [3.63, 3.8) is 0 Å². The third-order valence-electron chi connectivity index (χ3n) is 4.57. The van der Waals surface area contributed by atoms with Crippen molar-refractivity contribution in [1.82, 2.24) is 20.3 Å². The molecule has 0 atom stereocenters. The highest BCUT2D eigenvalue weighted by Crippen LogP contribution is 2.41. The topological polar surface area (TPSA) is 75.0 Å². The minimum atomic E-state index is 0.113. The number of carbonyl (C=O) groups is 1. The maximum absolute atomic E-state index is 12.4. The first-order valence-electron chi connectivity index (χ1n) is 7.96. The van der Waals surface area contributed by atoms with Crippen molar-refractivity contribution in [2.75, 3.05) is 13.1 Å². The molecule has 3 heterocycles. The first kappa shape index (κ1) is 13.5. The molecule has 1 saturated carbocycles. The molecule has 0 radical (unpaired) electrons. The molecule has 0 bridgehead atoms. The second-order valence-corrected chi connectivity index (χ2v) is 6.33. The Labute approximate surface area is 128 Å². The molecule has 2 aromatic rings. The number of nitrogens with one attached hydrogen (secondary N) is 1. The number of fused-ring (bicyclic) bond motifs is 1. The summed E-state index contributed by atoms with van der Waals surface area (Å²) in [4.78, 5) is 14.4. The van der Waals surface area contributed by atoms with Crippen LogP contribution in [0.3, 0.4) is 0 Å². The molecule has 0 unspecified atom stereocenters. The first-order valence-corrected chi connectivity index (χ1v) is 7.96. The molecule has 0 spiro atoms. The van der Waals surface area contributed by atoms with Crippen molar-refractivity contribution in [3.8, 4) is 0 Å². The van der Waals surface area contributed by atoms with Gasteiger partial charge in [-0.1, -0.05) is 5.16 Å². The quantitative estimate of drug-likeness (QED) is 0.937. The van der Waals surface area contributed by atoms with Gasteiger partial charge in [0.1, 0.15) is 5.76 Å². The number of hydrogen-bond acceptors (Lipinski definition) is 4. The molecule has 6 heteroatoms. The summed E-state index contributed by atoms with van der Waals surface area (Å²) in [7, 11) is 0. The van der Waals surface area contributed by atoms with Crippen LogP contribution in [0.25, 0.3) is 0 Å². The number of nitrogens with zero attached hydrogens (tertiary/aromatic N) is 3. The van der Waals surface area contributed by atoms with E-state index in [0.717, 1.165) is 31.6 Å². The standard InChI is InChI=1S/C16H20N4O2/c1-10-8-12(22-19-10)9-15(21)20-6-4-13-14(5-7-20)17-18-16(13)11-2-3-11/h8,11H,2-7,9H2,1H3,(H,17,18). The Bertz CT molecular complexity index is 699. The van der Waals surface area contributed by atoms with E-state index in [0.29, 0.717) is 18.1 Å². The van der Waals surface area contributed by atoms with Gasteiger partial charge in [-0.25, -0.2) is 0 Å². The molecule has 1 aliphatic carbocycles. The van der Waals surface area contributed by atoms with Gasteiger partial charge in [0.15, 0.2) is 0 Å². The van der Waals surface area contributed by atoms with Gasteiger partial charge >= 0.3 is 0 Å². The molecule has 2 aliphatic rings. The average molecular weight is 300 g/mol. The average Bonchev–Trinajstić information content (AvgIpc) is 3.21. The van der Waals surface area contributed by atoms with E-state index >= 15 is 0 Å². The van der Waals surface area contributed by atoms with Crippen molar-refractivity contribution in [2.45, 2.75) is 44.9 Å². The minimum Gasteiger partial charge on any atom is -0.361 e. The highest BCUT2D eigenvalue weighted by atomic mass is 16.5. The summed E-state index contributed by atoms with van der Waals surface area (Å²) in [6.07, 6.45) is 4.56. The van der Waals surface area contributed by atoms with Crippen LogP contribution in [0.1, 0.15) is 47.2 Å². The van der Waals surface area contributed by atoms with Crippen molar-refractivity contribution in [2.24, 2.45) is 0 Å². The van der Waals surface area contributed by atoms with Crippen LogP contribution in [0.2, 0.25) is 0 Å². The SMILES string of the molecule is Cc1cc(CC(=O)N2CCc3[nH]nc(C4CC4)c3CC2)on1. The summed E-state index contributed by atoms with van der Waals surface area (Å²) >= 11 is 0. The molecule has 0 aromatic carbocycles. The van der Waals surface area contributed by atoms with Gasteiger partial charge in [0, 0.05) is 37.2 Å². The molecule has 4 rings (SSSR count). The molecule has 2 aromatic heterocycles. The highest BCUT2D eigenvalue weighted by Gasteiger charge is 2.31. The zero-order valence-electron chi connectivity index (χ0n) is 12.8. The molecule has 1 amide bonds. The van der Waals surface area contributed by atoms with E-state index in [1.54, 1.807) is 0 Å². The predicted molar refractivity (Wildman–Crippen MR) is 79.5 cm³/mol. The molecular formula is C16H20N4O2. The maximum atomic E-state index is 12.4. The number of aryl methyl sites for hydroxylation is 1. The molecule has 1 N–H and O–H groups in total. The zero-order valence-corrected chi connectivity index (χ0v) is 12.8. The van der Waals surface area contributed by atoms with Gasteiger partial charge in [-0.3, -0.25) is 9.89 Å². The van der Waals surface area contributed by atoms with Gasteiger partial charge in [0.05, 0.1) is 17.8 Å². The van der Waals surface area contributed by atoms with Crippen LogP contribution in [0.15, 0.2) is 10.6 Å². The summed E-state index contributed by atoms with van der Waals surface area (Å²) in [6.45, 7) is 3.37. The molecule has 0 saturated heterocycles. The van der Waals surface area contributed by atoms with Crippen LogP contribution in [0, 0.1) is 6.92 Å². The maximum Gasteiger partial charge on any atom is 0.230 e. The summed E-state index contributed by atoms with van der Waals surface area (Å²) in [5.74, 6) is 1.41. The van der Waals surface area contributed by atoms with E-state index in [-0.39, 0.29) is 5.91 Å². The van der Waals surface area contributed by atoms with Gasteiger partial charge in [-0.05, 0) is 31.7 Å². The van der Waals surface area contributed by atoms with Gasteiger partial charge in [-0.2, -0.15) is 5.10 Å². The van der Waals surface area contributed by atoms with Crippen LogP contribution in [0.5, 0.6) is 0 Å². The van der Waals surface area contributed by atoms with Crippen molar-refractivity contribution in [1.29, 1.82) is 0 Å². The lowest BCUT2D eigenvalue weighted by Gasteiger charge is -2.19. The second kappa shape index (κ2) is 5.26.